The maximum Gasteiger partial charge on any atom is 0.141 e. The predicted octanol–water partition coefficient (Wildman–Crippen LogP) is 10.0. The highest BCUT2D eigenvalue weighted by molar-refractivity contribution is 6.13. The number of pyridine rings is 1. The third-order valence-electron chi connectivity index (χ3n) is 10.2. The van der Waals surface area contributed by atoms with E-state index in [-0.39, 0.29) is 10.8 Å². The SMILES string of the molecule is Cc1cc(C)n(-c2ccc3c4ccccc4n(-c4ccc5c6cc(C(C)(C)C)cc7c6n(c5c4)-c4ncccc4C7(C)C)c3c2)n1. The van der Waals surface area contributed by atoms with Crippen LogP contribution >= 0.6 is 0 Å². The molecule has 4 aromatic carbocycles. The molecule has 8 aromatic rings. The van der Waals surface area contributed by atoms with Gasteiger partial charge in [0, 0.05) is 50.1 Å². The normalized spacial score (nSPS) is 14.2. The fraction of sp³-hybridized carbons (Fsp3) is 0.220. The van der Waals surface area contributed by atoms with Crippen LogP contribution in [0.25, 0.3) is 60.8 Å². The lowest BCUT2D eigenvalue weighted by Gasteiger charge is -2.35. The van der Waals surface area contributed by atoms with Crippen LogP contribution in [0.2, 0.25) is 0 Å². The molecule has 0 saturated heterocycles. The Bertz CT molecular complexity index is 2560. The van der Waals surface area contributed by atoms with E-state index in [4.69, 9.17) is 10.1 Å². The van der Waals surface area contributed by atoms with E-state index in [1.165, 1.54) is 54.8 Å². The maximum absolute atomic E-state index is 5.03. The molecule has 1 aliphatic heterocycles. The number of rotatable bonds is 2. The molecule has 5 nitrogen and oxygen atoms in total. The first-order chi connectivity index (χ1) is 22.0. The number of hydrogen-bond acceptors (Lipinski definition) is 2. The highest BCUT2D eigenvalue weighted by atomic mass is 15.3. The topological polar surface area (TPSA) is 40.6 Å². The van der Waals surface area contributed by atoms with Gasteiger partial charge in [-0.2, -0.15) is 5.10 Å². The Hall–Kier alpha value is -5.16. The molecule has 9 rings (SSSR count). The van der Waals surface area contributed by atoms with Crippen molar-refractivity contribution in [3.05, 3.63) is 125 Å². The Morgan fingerprint density at radius 3 is 2.09 bits per heavy atom. The molecular formula is C41H37N5. The molecule has 1 aliphatic rings. The Labute approximate surface area is 268 Å². The van der Waals surface area contributed by atoms with Crippen molar-refractivity contribution in [2.24, 2.45) is 0 Å². The Balaban J connectivity index is 1.39. The molecule has 46 heavy (non-hydrogen) atoms. The van der Waals surface area contributed by atoms with Gasteiger partial charge in [-0.15, -0.1) is 0 Å². The molecule has 0 saturated carbocycles. The second-order valence-electron chi connectivity index (χ2n) is 14.6. The fourth-order valence-electron chi connectivity index (χ4n) is 7.87. The molecule has 0 atom stereocenters. The molecule has 0 bridgehead atoms. The van der Waals surface area contributed by atoms with Crippen molar-refractivity contribution in [2.45, 2.75) is 59.3 Å². The number of nitrogens with zero attached hydrogens (tertiary/aromatic N) is 5. The second-order valence-corrected chi connectivity index (χ2v) is 14.6. The predicted molar refractivity (Wildman–Crippen MR) is 190 cm³/mol. The molecule has 5 heterocycles. The molecular weight excluding hydrogens is 562 g/mol. The van der Waals surface area contributed by atoms with Crippen LogP contribution in [0.4, 0.5) is 0 Å². The van der Waals surface area contributed by atoms with Gasteiger partial charge in [0.25, 0.3) is 0 Å². The van der Waals surface area contributed by atoms with E-state index in [1.54, 1.807) is 0 Å². The molecule has 4 aromatic heterocycles. The van der Waals surface area contributed by atoms with Crippen LogP contribution in [0.15, 0.2) is 97.2 Å². The van der Waals surface area contributed by atoms with Gasteiger partial charge >= 0.3 is 0 Å². The summed E-state index contributed by atoms with van der Waals surface area (Å²) in [5, 5.41) is 9.82. The lowest BCUT2D eigenvalue weighted by Crippen LogP contribution is -2.28. The monoisotopic (exact) mass is 599 g/mol. The zero-order valence-corrected chi connectivity index (χ0v) is 27.5. The van der Waals surface area contributed by atoms with Gasteiger partial charge in [0.1, 0.15) is 5.82 Å². The van der Waals surface area contributed by atoms with E-state index in [0.29, 0.717) is 0 Å². The molecule has 0 unspecified atom stereocenters. The number of para-hydroxylation sites is 1. The first kappa shape index (κ1) is 27.2. The first-order valence-corrected chi connectivity index (χ1v) is 16.2. The number of aromatic nitrogens is 5. The smallest absolute Gasteiger partial charge is 0.141 e. The van der Waals surface area contributed by atoms with Crippen molar-refractivity contribution in [1.82, 2.24) is 23.9 Å². The van der Waals surface area contributed by atoms with Crippen molar-refractivity contribution in [2.75, 3.05) is 0 Å². The van der Waals surface area contributed by atoms with Gasteiger partial charge in [-0.05, 0) is 78.9 Å². The van der Waals surface area contributed by atoms with Gasteiger partial charge < -0.3 is 4.57 Å². The first-order valence-electron chi connectivity index (χ1n) is 16.2. The lowest BCUT2D eigenvalue weighted by molar-refractivity contribution is 0.581. The zero-order chi connectivity index (χ0) is 31.7. The molecule has 226 valence electrons. The van der Waals surface area contributed by atoms with E-state index in [9.17, 15) is 0 Å². The van der Waals surface area contributed by atoms with E-state index in [0.717, 1.165) is 34.1 Å². The van der Waals surface area contributed by atoms with Crippen LogP contribution in [0.3, 0.4) is 0 Å². The van der Waals surface area contributed by atoms with E-state index < -0.39 is 0 Å². The lowest BCUT2D eigenvalue weighted by atomic mass is 9.73. The number of fused-ring (bicyclic) bond motifs is 8. The summed E-state index contributed by atoms with van der Waals surface area (Å²) in [7, 11) is 0. The van der Waals surface area contributed by atoms with Gasteiger partial charge in [-0.25, -0.2) is 9.67 Å². The van der Waals surface area contributed by atoms with E-state index in [2.05, 4.69) is 142 Å². The molecule has 0 aliphatic carbocycles. The summed E-state index contributed by atoms with van der Waals surface area (Å²) in [5.41, 5.74) is 12.9. The maximum atomic E-state index is 5.03. The van der Waals surface area contributed by atoms with Gasteiger partial charge in [0.15, 0.2) is 0 Å². The van der Waals surface area contributed by atoms with E-state index in [1.807, 2.05) is 17.8 Å². The second kappa shape index (κ2) is 8.97. The molecule has 0 spiro atoms. The van der Waals surface area contributed by atoms with Crippen molar-refractivity contribution >= 4 is 43.6 Å². The van der Waals surface area contributed by atoms with Crippen molar-refractivity contribution in [3.63, 3.8) is 0 Å². The Morgan fingerprint density at radius 1 is 0.630 bits per heavy atom. The Morgan fingerprint density at radius 2 is 1.33 bits per heavy atom. The summed E-state index contributed by atoms with van der Waals surface area (Å²) in [6.07, 6.45) is 1.93. The molecule has 0 amide bonds. The van der Waals surface area contributed by atoms with Crippen LogP contribution in [-0.4, -0.2) is 23.9 Å². The third-order valence-corrected chi connectivity index (χ3v) is 10.2. The number of benzene rings is 4. The van der Waals surface area contributed by atoms with Gasteiger partial charge in [-0.3, -0.25) is 4.57 Å². The summed E-state index contributed by atoms with van der Waals surface area (Å²) >= 11 is 0. The largest absolute Gasteiger partial charge is 0.309 e. The Kier molecular flexibility index (Phi) is 5.30. The molecule has 0 fully saturated rings. The highest BCUT2D eigenvalue weighted by Crippen LogP contribution is 2.48. The minimum absolute atomic E-state index is 0.0243. The average Bonchev–Trinajstić information content (AvgIpc) is 3.67. The van der Waals surface area contributed by atoms with Crippen LogP contribution in [0.1, 0.15) is 62.7 Å². The quantitative estimate of drug-likeness (QED) is 0.198. The van der Waals surface area contributed by atoms with Gasteiger partial charge in [-0.1, -0.05) is 77.1 Å². The summed E-state index contributed by atoms with van der Waals surface area (Å²) < 4.78 is 6.88. The molecule has 0 radical (unpaired) electrons. The van der Waals surface area contributed by atoms with Crippen LogP contribution in [0.5, 0.6) is 0 Å². The van der Waals surface area contributed by atoms with Crippen LogP contribution < -0.4 is 0 Å². The van der Waals surface area contributed by atoms with Crippen molar-refractivity contribution in [1.29, 1.82) is 0 Å². The third kappa shape index (κ3) is 3.57. The number of aryl methyl sites for hydroxylation is 2. The van der Waals surface area contributed by atoms with Gasteiger partial charge in [0.2, 0.25) is 0 Å². The summed E-state index contributed by atoms with van der Waals surface area (Å²) in [5.74, 6) is 1.02. The minimum atomic E-state index is -0.178. The average molecular weight is 600 g/mol. The summed E-state index contributed by atoms with van der Waals surface area (Å²) in [4.78, 5) is 5.03. The van der Waals surface area contributed by atoms with Crippen LogP contribution in [-0.2, 0) is 10.8 Å². The van der Waals surface area contributed by atoms with Crippen molar-refractivity contribution in [3.8, 4) is 17.2 Å². The highest BCUT2D eigenvalue weighted by Gasteiger charge is 2.37. The minimum Gasteiger partial charge on any atom is -0.309 e. The van der Waals surface area contributed by atoms with Crippen molar-refractivity contribution < 1.29 is 0 Å². The fourth-order valence-corrected chi connectivity index (χ4v) is 7.87. The standard InChI is InChI=1S/C41H37N5/c1-24-19-25(2)46(43-24)28-15-17-30-29-11-8-9-13-35(29)44(36(30)23-28)27-14-16-31-32-20-26(40(3,4)5)21-34-38(32)45(37(31)22-27)39-33(41(34,6)7)12-10-18-42-39/h8-23H,1-7H3. The summed E-state index contributed by atoms with van der Waals surface area (Å²) in [6.45, 7) is 15.8. The molecule has 0 N–H and O–H groups in total. The molecule has 5 heteroatoms. The van der Waals surface area contributed by atoms with Gasteiger partial charge in [0.05, 0.1) is 33.4 Å². The number of hydrogen-bond donors (Lipinski definition) is 0. The van der Waals surface area contributed by atoms with E-state index >= 15 is 0 Å². The van der Waals surface area contributed by atoms with Crippen LogP contribution in [0, 0.1) is 13.8 Å². The summed E-state index contributed by atoms with van der Waals surface area (Å²) in [6, 6.07) is 33.8. The zero-order valence-electron chi connectivity index (χ0n) is 27.5.